The van der Waals surface area contributed by atoms with Gasteiger partial charge >= 0.3 is 0 Å². The number of aryl methyl sites for hydroxylation is 1. The molecular formula is C14H20N2O2. The number of benzene rings is 1. The van der Waals surface area contributed by atoms with Gasteiger partial charge in [-0.25, -0.2) is 0 Å². The van der Waals surface area contributed by atoms with Crippen molar-refractivity contribution in [2.75, 3.05) is 0 Å². The lowest BCUT2D eigenvalue weighted by molar-refractivity contribution is -0.385. The molecule has 0 radical (unpaired) electrons. The predicted molar refractivity (Wildman–Crippen MR) is 71.3 cm³/mol. The van der Waals surface area contributed by atoms with E-state index in [1.54, 1.807) is 12.1 Å². The maximum Gasteiger partial charge on any atom is 0.270 e. The maximum absolute atomic E-state index is 10.8. The molecule has 1 aliphatic rings. The average molecular weight is 248 g/mol. The molecule has 0 aliphatic heterocycles. The van der Waals surface area contributed by atoms with Crippen molar-refractivity contribution in [2.45, 2.75) is 45.1 Å². The molecule has 1 saturated carbocycles. The molecule has 0 spiro atoms. The van der Waals surface area contributed by atoms with E-state index in [1.165, 1.54) is 25.7 Å². The molecule has 1 aromatic rings. The minimum atomic E-state index is -0.348. The van der Waals surface area contributed by atoms with E-state index in [9.17, 15) is 10.1 Å². The summed E-state index contributed by atoms with van der Waals surface area (Å²) in [6.45, 7) is 1.87. The summed E-state index contributed by atoms with van der Waals surface area (Å²) in [5.74, 6) is 0.694. The van der Waals surface area contributed by atoms with E-state index < -0.39 is 0 Å². The molecule has 1 unspecified atom stereocenters. The quantitative estimate of drug-likeness (QED) is 0.655. The van der Waals surface area contributed by atoms with Crippen LogP contribution in [0.5, 0.6) is 0 Å². The average Bonchev–Trinajstić information content (AvgIpc) is 2.80. The normalized spacial score (nSPS) is 17.9. The Balaban J connectivity index is 2.13. The van der Waals surface area contributed by atoms with Crippen molar-refractivity contribution in [3.05, 3.63) is 39.4 Å². The van der Waals surface area contributed by atoms with E-state index in [0.29, 0.717) is 5.92 Å². The molecule has 1 aromatic carbocycles. The van der Waals surface area contributed by atoms with Crippen LogP contribution in [0.1, 0.15) is 49.3 Å². The van der Waals surface area contributed by atoms with E-state index in [4.69, 9.17) is 5.73 Å². The highest BCUT2D eigenvalue weighted by molar-refractivity contribution is 5.40. The minimum Gasteiger partial charge on any atom is -0.324 e. The van der Waals surface area contributed by atoms with E-state index >= 15 is 0 Å². The summed E-state index contributed by atoms with van der Waals surface area (Å²) in [5, 5.41) is 10.8. The van der Waals surface area contributed by atoms with Gasteiger partial charge in [-0.1, -0.05) is 31.7 Å². The van der Waals surface area contributed by atoms with Gasteiger partial charge in [0.2, 0.25) is 0 Å². The minimum absolute atomic E-state index is 0.0771. The van der Waals surface area contributed by atoms with Crippen molar-refractivity contribution in [3.8, 4) is 0 Å². The SMILES string of the molecule is Cc1cc(C(N)CC2CCCC2)cc([N+](=O)[O-])c1. The summed E-state index contributed by atoms with van der Waals surface area (Å²) in [7, 11) is 0. The zero-order valence-corrected chi connectivity index (χ0v) is 10.8. The van der Waals surface area contributed by atoms with E-state index in [0.717, 1.165) is 17.5 Å². The van der Waals surface area contributed by atoms with Crippen molar-refractivity contribution in [1.82, 2.24) is 0 Å². The van der Waals surface area contributed by atoms with Crippen LogP contribution in [-0.2, 0) is 0 Å². The van der Waals surface area contributed by atoms with Crippen molar-refractivity contribution >= 4 is 5.69 Å². The number of hydrogen-bond acceptors (Lipinski definition) is 3. The molecule has 1 atom stereocenters. The molecule has 0 heterocycles. The van der Waals surface area contributed by atoms with Gasteiger partial charge in [0.1, 0.15) is 0 Å². The Kier molecular flexibility index (Phi) is 3.97. The van der Waals surface area contributed by atoms with Crippen molar-refractivity contribution in [1.29, 1.82) is 0 Å². The molecule has 4 nitrogen and oxygen atoms in total. The van der Waals surface area contributed by atoms with Crippen LogP contribution in [0.2, 0.25) is 0 Å². The van der Waals surface area contributed by atoms with Crippen LogP contribution in [0.3, 0.4) is 0 Å². The number of rotatable bonds is 4. The van der Waals surface area contributed by atoms with Crippen LogP contribution in [0, 0.1) is 23.0 Å². The second kappa shape index (κ2) is 5.48. The lowest BCUT2D eigenvalue weighted by Crippen LogP contribution is -2.14. The smallest absolute Gasteiger partial charge is 0.270 e. The maximum atomic E-state index is 10.8. The second-order valence-corrected chi connectivity index (χ2v) is 5.35. The highest BCUT2D eigenvalue weighted by Gasteiger charge is 2.20. The third-order valence-electron chi connectivity index (χ3n) is 3.79. The summed E-state index contributed by atoms with van der Waals surface area (Å²) >= 11 is 0. The summed E-state index contributed by atoms with van der Waals surface area (Å²) in [6, 6.07) is 5.09. The topological polar surface area (TPSA) is 69.2 Å². The highest BCUT2D eigenvalue weighted by Crippen LogP contribution is 2.33. The molecule has 1 aliphatic carbocycles. The van der Waals surface area contributed by atoms with Gasteiger partial charge in [-0.15, -0.1) is 0 Å². The molecule has 2 rings (SSSR count). The molecule has 0 bridgehead atoms. The third kappa shape index (κ3) is 3.07. The van der Waals surface area contributed by atoms with Crippen LogP contribution >= 0.6 is 0 Å². The highest BCUT2D eigenvalue weighted by atomic mass is 16.6. The summed E-state index contributed by atoms with van der Waals surface area (Å²) in [6.07, 6.45) is 6.04. The fraction of sp³-hybridized carbons (Fsp3) is 0.571. The van der Waals surface area contributed by atoms with Gasteiger partial charge in [0, 0.05) is 18.2 Å². The van der Waals surface area contributed by atoms with Crippen LogP contribution in [0.4, 0.5) is 5.69 Å². The monoisotopic (exact) mass is 248 g/mol. The zero-order valence-electron chi connectivity index (χ0n) is 10.8. The molecule has 98 valence electrons. The Labute approximate surface area is 107 Å². The zero-order chi connectivity index (χ0) is 13.1. The molecule has 18 heavy (non-hydrogen) atoms. The number of nitro groups is 1. The van der Waals surface area contributed by atoms with Crippen LogP contribution in [0.25, 0.3) is 0 Å². The molecule has 0 saturated heterocycles. The number of nitrogens with zero attached hydrogens (tertiary/aromatic N) is 1. The standard InChI is InChI=1S/C14H20N2O2/c1-10-6-12(9-13(7-10)16(17)18)14(15)8-11-4-2-3-5-11/h6-7,9,11,14H,2-5,8,15H2,1H3. The first-order chi connectivity index (χ1) is 8.56. The Morgan fingerprint density at radius 3 is 2.67 bits per heavy atom. The molecule has 1 fully saturated rings. The molecular weight excluding hydrogens is 228 g/mol. The van der Waals surface area contributed by atoms with Gasteiger partial charge in [0.05, 0.1) is 4.92 Å². The van der Waals surface area contributed by atoms with E-state index in [1.807, 2.05) is 13.0 Å². The van der Waals surface area contributed by atoms with Gasteiger partial charge in [-0.2, -0.15) is 0 Å². The fourth-order valence-electron chi connectivity index (χ4n) is 2.85. The Morgan fingerprint density at radius 2 is 2.06 bits per heavy atom. The summed E-state index contributed by atoms with van der Waals surface area (Å²) in [4.78, 5) is 10.5. The molecule has 0 aromatic heterocycles. The molecule has 4 heteroatoms. The predicted octanol–water partition coefficient (Wildman–Crippen LogP) is 3.48. The van der Waals surface area contributed by atoms with Crippen LogP contribution < -0.4 is 5.73 Å². The number of hydrogen-bond donors (Lipinski definition) is 1. The van der Waals surface area contributed by atoms with Gasteiger partial charge in [-0.05, 0) is 30.4 Å². The van der Waals surface area contributed by atoms with Crippen molar-refractivity contribution in [3.63, 3.8) is 0 Å². The van der Waals surface area contributed by atoms with E-state index in [2.05, 4.69) is 0 Å². The van der Waals surface area contributed by atoms with Gasteiger partial charge in [0.15, 0.2) is 0 Å². The Bertz CT molecular complexity index is 439. The van der Waals surface area contributed by atoms with E-state index in [-0.39, 0.29) is 16.7 Å². The second-order valence-electron chi connectivity index (χ2n) is 5.35. The number of nitrogens with two attached hydrogens (primary N) is 1. The Hall–Kier alpha value is -1.42. The fourth-order valence-corrected chi connectivity index (χ4v) is 2.85. The first-order valence-corrected chi connectivity index (χ1v) is 6.58. The third-order valence-corrected chi connectivity index (χ3v) is 3.79. The molecule has 0 amide bonds. The van der Waals surface area contributed by atoms with Gasteiger partial charge < -0.3 is 5.73 Å². The first-order valence-electron chi connectivity index (χ1n) is 6.58. The number of nitro benzene ring substituents is 1. The Morgan fingerprint density at radius 1 is 1.39 bits per heavy atom. The summed E-state index contributed by atoms with van der Waals surface area (Å²) in [5.41, 5.74) is 8.14. The van der Waals surface area contributed by atoms with Crippen molar-refractivity contribution < 1.29 is 4.92 Å². The van der Waals surface area contributed by atoms with Crippen molar-refractivity contribution in [2.24, 2.45) is 11.7 Å². The lowest BCUT2D eigenvalue weighted by Gasteiger charge is -2.17. The largest absolute Gasteiger partial charge is 0.324 e. The number of non-ortho nitro benzene ring substituents is 1. The lowest BCUT2D eigenvalue weighted by atomic mass is 9.93. The first kappa shape index (κ1) is 13.0. The van der Waals surface area contributed by atoms with Gasteiger partial charge in [0.25, 0.3) is 5.69 Å². The summed E-state index contributed by atoms with van der Waals surface area (Å²) < 4.78 is 0. The van der Waals surface area contributed by atoms with Gasteiger partial charge in [-0.3, -0.25) is 10.1 Å². The van der Waals surface area contributed by atoms with Crippen LogP contribution in [0.15, 0.2) is 18.2 Å². The van der Waals surface area contributed by atoms with Crippen LogP contribution in [-0.4, -0.2) is 4.92 Å². The molecule has 2 N–H and O–H groups in total.